The third kappa shape index (κ3) is 6.82. The summed E-state index contributed by atoms with van der Waals surface area (Å²) in [5.74, 6) is 0.501. The van der Waals surface area contributed by atoms with Crippen molar-refractivity contribution in [3.63, 3.8) is 0 Å². The Bertz CT molecular complexity index is 1000. The number of nitro benzene ring substituents is 1. The van der Waals surface area contributed by atoms with E-state index in [1.165, 1.54) is 24.3 Å². The SMILES string of the molecule is CC(C)CC(=O)N1CCN(c2ccc(NC(=O)COc3ccc([N+](=O)[O-])cc3)cc2Cl)CC1. The van der Waals surface area contributed by atoms with Crippen LogP contribution in [0.5, 0.6) is 5.75 Å². The lowest BCUT2D eigenvalue weighted by atomic mass is 10.1. The molecule has 1 N–H and O–H groups in total. The minimum atomic E-state index is -0.504. The van der Waals surface area contributed by atoms with Gasteiger partial charge in [0.05, 0.1) is 15.6 Å². The maximum absolute atomic E-state index is 12.3. The minimum Gasteiger partial charge on any atom is -0.484 e. The van der Waals surface area contributed by atoms with Gasteiger partial charge in [-0.05, 0) is 36.2 Å². The summed E-state index contributed by atoms with van der Waals surface area (Å²) in [4.78, 5) is 38.7. The van der Waals surface area contributed by atoms with E-state index in [9.17, 15) is 19.7 Å². The molecule has 0 spiro atoms. The van der Waals surface area contributed by atoms with Crippen LogP contribution in [0.4, 0.5) is 17.1 Å². The second-order valence-electron chi connectivity index (χ2n) is 8.22. The number of rotatable bonds is 8. The van der Waals surface area contributed by atoms with Crippen molar-refractivity contribution in [2.24, 2.45) is 5.92 Å². The van der Waals surface area contributed by atoms with Crippen LogP contribution in [0.15, 0.2) is 42.5 Å². The molecule has 0 saturated carbocycles. The summed E-state index contributed by atoms with van der Waals surface area (Å²) in [6, 6.07) is 10.8. The number of nitro groups is 1. The third-order valence-corrected chi connectivity index (χ3v) is 5.51. The van der Waals surface area contributed by atoms with Gasteiger partial charge in [-0.3, -0.25) is 19.7 Å². The molecule has 1 heterocycles. The van der Waals surface area contributed by atoms with Gasteiger partial charge in [0.1, 0.15) is 5.75 Å². The molecular weight excluding hydrogens is 448 g/mol. The van der Waals surface area contributed by atoms with Crippen molar-refractivity contribution in [3.8, 4) is 5.75 Å². The molecule has 10 heteroatoms. The van der Waals surface area contributed by atoms with Crippen LogP contribution in [0.25, 0.3) is 0 Å². The Morgan fingerprint density at radius 1 is 1.12 bits per heavy atom. The Hall–Kier alpha value is -3.33. The van der Waals surface area contributed by atoms with Crippen LogP contribution < -0.4 is 15.0 Å². The van der Waals surface area contributed by atoms with Crippen LogP contribution in [-0.4, -0.2) is 54.4 Å². The number of carbonyl (C=O) groups excluding carboxylic acids is 2. The zero-order chi connectivity index (χ0) is 24.0. The van der Waals surface area contributed by atoms with Crippen molar-refractivity contribution in [2.45, 2.75) is 20.3 Å². The number of nitrogens with one attached hydrogen (secondary N) is 1. The minimum absolute atomic E-state index is 0.0508. The van der Waals surface area contributed by atoms with Gasteiger partial charge in [0.15, 0.2) is 6.61 Å². The summed E-state index contributed by atoms with van der Waals surface area (Å²) in [5, 5.41) is 13.9. The average Bonchev–Trinajstić information content (AvgIpc) is 2.78. The predicted molar refractivity (Wildman–Crippen MR) is 127 cm³/mol. The molecule has 0 aromatic heterocycles. The highest BCUT2D eigenvalue weighted by molar-refractivity contribution is 6.33. The molecule has 0 radical (unpaired) electrons. The first kappa shape index (κ1) is 24.3. The van der Waals surface area contributed by atoms with E-state index >= 15 is 0 Å². The smallest absolute Gasteiger partial charge is 0.269 e. The Morgan fingerprint density at radius 3 is 2.36 bits per heavy atom. The van der Waals surface area contributed by atoms with Crippen molar-refractivity contribution in [1.82, 2.24) is 4.90 Å². The molecule has 9 nitrogen and oxygen atoms in total. The van der Waals surface area contributed by atoms with Crippen molar-refractivity contribution in [3.05, 3.63) is 57.6 Å². The van der Waals surface area contributed by atoms with Crippen molar-refractivity contribution in [2.75, 3.05) is 43.0 Å². The second-order valence-corrected chi connectivity index (χ2v) is 8.63. The molecule has 0 aliphatic carbocycles. The third-order valence-electron chi connectivity index (χ3n) is 5.20. The number of non-ortho nitro benzene ring substituents is 1. The van der Waals surface area contributed by atoms with Gasteiger partial charge >= 0.3 is 0 Å². The number of carbonyl (C=O) groups is 2. The van der Waals surface area contributed by atoms with Crippen LogP contribution in [-0.2, 0) is 9.59 Å². The standard InChI is InChI=1S/C23H27ClN4O5/c1-16(2)13-23(30)27-11-9-26(10-12-27)21-8-3-17(14-20(21)24)25-22(29)15-33-19-6-4-18(5-7-19)28(31)32/h3-8,14,16H,9-13,15H2,1-2H3,(H,25,29). The number of nitrogens with zero attached hydrogens (tertiary/aromatic N) is 3. The summed E-state index contributed by atoms with van der Waals surface area (Å²) in [7, 11) is 0. The molecule has 33 heavy (non-hydrogen) atoms. The molecule has 1 saturated heterocycles. The Kier molecular flexibility index (Phi) is 8.11. The van der Waals surface area contributed by atoms with Gasteiger partial charge in [-0.2, -0.15) is 0 Å². The summed E-state index contributed by atoms with van der Waals surface area (Å²) in [5.41, 5.74) is 1.34. The number of piperazine rings is 1. The lowest BCUT2D eigenvalue weighted by molar-refractivity contribution is -0.384. The lowest BCUT2D eigenvalue weighted by Gasteiger charge is -2.36. The van der Waals surface area contributed by atoms with Crippen molar-refractivity contribution in [1.29, 1.82) is 0 Å². The quantitative estimate of drug-likeness (QED) is 0.458. The van der Waals surface area contributed by atoms with Crippen molar-refractivity contribution >= 4 is 40.5 Å². The second kappa shape index (κ2) is 11.0. The number of anilines is 2. The molecule has 176 valence electrons. The van der Waals surface area contributed by atoms with Gasteiger partial charge in [0.2, 0.25) is 5.91 Å². The van der Waals surface area contributed by atoms with E-state index in [1.807, 2.05) is 24.8 Å². The monoisotopic (exact) mass is 474 g/mol. The first-order chi connectivity index (χ1) is 15.7. The molecule has 0 atom stereocenters. The van der Waals surface area contributed by atoms with Crippen LogP contribution in [0.1, 0.15) is 20.3 Å². The van der Waals surface area contributed by atoms with Gasteiger partial charge in [-0.25, -0.2) is 0 Å². The van der Waals surface area contributed by atoms with E-state index in [1.54, 1.807) is 12.1 Å². The number of halogens is 1. The largest absolute Gasteiger partial charge is 0.484 e. The molecule has 2 aromatic carbocycles. The highest BCUT2D eigenvalue weighted by Gasteiger charge is 2.23. The van der Waals surface area contributed by atoms with E-state index in [4.69, 9.17) is 16.3 Å². The fourth-order valence-corrected chi connectivity index (χ4v) is 3.83. The van der Waals surface area contributed by atoms with E-state index in [0.717, 1.165) is 5.69 Å². The lowest BCUT2D eigenvalue weighted by Crippen LogP contribution is -2.49. The molecule has 1 fully saturated rings. The van der Waals surface area contributed by atoms with Crippen LogP contribution in [0.2, 0.25) is 5.02 Å². The van der Waals surface area contributed by atoms with Crippen LogP contribution in [0, 0.1) is 16.0 Å². The van der Waals surface area contributed by atoms with Gasteiger partial charge < -0.3 is 19.9 Å². The first-order valence-electron chi connectivity index (χ1n) is 10.7. The van der Waals surface area contributed by atoms with Gasteiger partial charge in [0.25, 0.3) is 11.6 Å². The van der Waals surface area contributed by atoms with E-state index in [0.29, 0.717) is 55.0 Å². The number of hydrogen-bond acceptors (Lipinski definition) is 6. The highest BCUT2D eigenvalue weighted by atomic mass is 35.5. The Labute approximate surface area is 197 Å². The Balaban J connectivity index is 1.50. The van der Waals surface area contributed by atoms with E-state index in [-0.39, 0.29) is 24.1 Å². The normalized spacial score (nSPS) is 13.7. The average molecular weight is 475 g/mol. The molecule has 2 aromatic rings. The fourth-order valence-electron chi connectivity index (χ4n) is 3.53. The summed E-state index contributed by atoms with van der Waals surface area (Å²) in [6.07, 6.45) is 0.559. The van der Waals surface area contributed by atoms with Gasteiger partial charge in [-0.1, -0.05) is 25.4 Å². The van der Waals surface area contributed by atoms with Gasteiger partial charge in [0, 0.05) is 50.4 Å². The highest BCUT2D eigenvalue weighted by Crippen LogP contribution is 2.30. The molecule has 3 rings (SSSR count). The topological polar surface area (TPSA) is 105 Å². The zero-order valence-electron chi connectivity index (χ0n) is 18.6. The van der Waals surface area contributed by atoms with E-state index < -0.39 is 4.92 Å². The summed E-state index contributed by atoms with van der Waals surface area (Å²) >= 11 is 6.47. The fraction of sp³-hybridized carbons (Fsp3) is 0.391. The molecule has 1 aliphatic heterocycles. The van der Waals surface area contributed by atoms with Gasteiger partial charge in [-0.15, -0.1) is 0 Å². The van der Waals surface area contributed by atoms with Crippen LogP contribution >= 0.6 is 11.6 Å². The Morgan fingerprint density at radius 2 is 1.79 bits per heavy atom. The molecule has 0 unspecified atom stereocenters. The number of ether oxygens (including phenoxy) is 1. The summed E-state index contributed by atoms with van der Waals surface area (Å²) in [6.45, 7) is 6.52. The van der Waals surface area contributed by atoms with Crippen molar-refractivity contribution < 1.29 is 19.2 Å². The predicted octanol–water partition coefficient (Wildman–Crippen LogP) is 3.96. The summed E-state index contributed by atoms with van der Waals surface area (Å²) < 4.78 is 5.37. The first-order valence-corrected chi connectivity index (χ1v) is 11.1. The molecular formula is C23H27ClN4O5. The number of amides is 2. The molecule has 1 aliphatic rings. The molecule has 0 bridgehead atoms. The number of benzene rings is 2. The van der Waals surface area contributed by atoms with Crippen LogP contribution in [0.3, 0.4) is 0 Å². The number of hydrogen-bond donors (Lipinski definition) is 1. The molecule has 2 amide bonds. The van der Waals surface area contributed by atoms with E-state index in [2.05, 4.69) is 10.2 Å². The maximum Gasteiger partial charge on any atom is 0.269 e. The zero-order valence-corrected chi connectivity index (χ0v) is 19.4. The maximum atomic E-state index is 12.3.